The van der Waals surface area contributed by atoms with Crippen LogP contribution in [0.2, 0.25) is 0 Å². The average Bonchev–Trinajstić information content (AvgIpc) is 2.24. The zero-order chi connectivity index (χ0) is 17.2. The van der Waals surface area contributed by atoms with Crippen LogP contribution in [0.1, 0.15) is 32.6 Å². The first-order chi connectivity index (χ1) is 9.40. The maximum Gasteiger partial charge on any atom is 0.336 e. The number of carbonyl (C=O) groups is 5. The number of carbonyl (C=O) groups excluding carboxylic acids is 1. The Morgan fingerprint density at radius 1 is 0.773 bits per heavy atom. The Kier molecular flexibility index (Phi) is 13.3. The molecule has 0 bridgehead atoms. The van der Waals surface area contributed by atoms with E-state index in [1.807, 2.05) is 0 Å². The summed E-state index contributed by atoms with van der Waals surface area (Å²) >= 11 is 0. The third-order valence-electron chi connectivity index (χ3n) is 1.98. The fraction of sp³-hybridized carbons (Fsp3) is 0.545. The number of carboxylic acid groups (broad SMARTS) is 4. The number of hydrogen-bond acceptors (Lipinski definition) is 6. The van der Waals surface area contributed by atoms with E-state index >= 15 is 0 Å². The number of carboxylic acids is 4. The van der Waals surface area contributed by atoms with Crippen LogP contribution in [0.25, 0.3) is 0 Å². The first-order valence-corrected chi connectivity index (χ1v) is 5.51. The van der Waals surface area contributed by atoms with Gasteiger partial charge in [0, 0.05) is 23.5 Å². The Morgan fingerprint density at radius 3 is 1.27 bits per heavy atom. The molecule has 0 rings (SSSR count). The summed E-state index contributed by atoms with van der Waals surface area (Å²) in [4.78, 5) is 50.3. The molecule has 0 heterocycles. The van der Waals surface area contributed by atoms with Gasteiger partial charge >= 0.3 is 23.9 Å². The van der Waals surface area contributed by atoms with Gasteiger partial charge in [0.15, 0.2) is 5.60 Å². The number of aliphatic hydroxyl groups is 1. The van der Waals surface area contributed by atoms with Crippen molar-refractivity contribution in [1.82, 2.24) is 0 Å². The van der Waals surface area contributed by atoms with E-state index in [2.05, 4.69) is 0 Å². The monoisotopic (exact) mass is 363 g/mol. The second-order valence-corrected chi connectivity index (χ2v) is 4.07. The van der Waals surface area contributed by atoms with E-state index in [9.17, 15) is 24.0 Å². The van der Waals surface area contributed by atoms with Crippen molar-refractivity contribution >= 4 is 29.7 Å². The van der Waals surface area contributed by atoms with Crippen LogP contribution < -0.4 is 0 Å². The molecule has 0 saturated carbocycles. The predicted octanol–water partition coefficient (Wildman–Crippen LogP) is -0.811. The van der Waals surface area contributed by atoms with Crippen molar-refractivity contribution in [2.24, 2.45) is 0 Å². The molecule has 10 nitrogen and oxygen atoms in total. The van der Waals surface area contributed by atoms with Crippen LogP contribution in [-0.2, 0) is 41.0 Å². The van der Waals surface area contributed by atoms with Crippen LogP contribution in [-0.4, -0.2) is 60.8 Å². The summed E-state index contributed by atoms with van der Waals surface area (Å²) < 4.78 is 0. The minimum atomic E-state index is -2.74. The molecule has 5 N–H and O–H groups in total. The SMILES string of the molecule is CC(=O)CCC(=O)O.O=C(O)CC(O)(CC(=O)O)C(=O)O.[Mn]. The number of hydrogen-bond donors (Lipinski definition) is 5. The molecule has 0 aliphatic carbocycles. The van der Waals surface area contributed by atoms with Crippen LogP contribution in [0.15, 0.2) is 0 Å². The van der Waals surface area contributed by atoms with Crippen molar-refractivity contribution in [3.63, 3.8) is 0 Å². The fourth-order valence-corrected chi connectivity index (χ4v) is 0.997. The van der Waals surface area contributed by atoms with E-state index in [1.54, 1.807) is 0 Å². The predicted molar refractivity (Wildman–Crippen MR) is 64.6 cm³/mol. The van der Waals surface area contributed by atoms with E-state index in [0.29, 0.717) is 0 Å². The smallest absolute Gasteiger partial charge is 0.336 e. The van der Waals surface area contributed by atoms with Gasteiger partial charge in [0.25, 0.3) is 0 Å². The normalized spacial score (nSPS) is 9.55. The average molecular weight is 363 g/mol. The van der Waals surface area contributed by atoms with Crippen molar-refractivity contribution in [3.8, 4) is 0 Å². The third-order valence-corrected chi connectivity index (χ3v) is 1.98. The Balaban J connectivity index is -0.000000348. The molecule has 0 aromatic carbocycles. The van der Waals surface area contributed by atoms with E-state index in [1.165, 1.54) is 6.92 Å². The maximum atomic E-state index is 10.3. The largest absolute Gasteiger partial charge is 0.481 e. The van der Waals surface area contributed by atoms with Gasteiger partial charge in [-0.1, -0.05) is 0 Å². The van der Waals surface area contributed by atoms with Gasteiger partial charge in [0.2, 0.25) is 0 Å². The number of Topliss-reactive ketones (excluding diaryl/α,β-unsaturated/α-hetero) is 1. The van der Waals surface area contributed by atoms with Gasteiger partial charge in [-0.25, -0.2) is 4.79 Å². The van der Waals surface area contributed by atoms with E-state index in [4.69, 9.17) is 25.5 Å². The Morgan fingerprint density at radius 2 is 1.14 bits per heavy atom. The number of ketones is 1. The van der Waals surface area contributed by atoms with Crippen molar-refractivity contribution < 1.29 is 66.6 Å². The Labute approximate surface area is 135 Å². The third kappa shape index (κ3) is 14.4. The molecule has 1 radical (unpaired) electrons. The van der Waals surface area contributed by atoms with Crippen molar-refractivity contribution in [3.05, 3.63) is 0 Å². The molecule has 22 heavy (non-hydrogen) atoms. The molecule has 0 amide bonds. The van der Waals surface area contributed by atoms with Crippen molar-refractivity contribution in [2.75, 3.05) is 0 Å². The molecule has 0 aromatic heterocycles. The van der Waals surface area contributed by atoms with Gasteiger partial charge < -0.3 is 30.3 Å². The number of aliphatic carboxylic acids is 4. The van der Waals surface area contributed by atoms with Gasteiger partial charge in [-0.05, 0) is 6.92 Å². The number of rotatable bonds is 8. The molecule has 0 spiro atoms. The summed E-state index contributed by atoms with van der Waals surface area (Å²) in [5.41, 5.74) is -2.74. The maximum absolute atomic E-state index is 10.3. The molecule has 0 aliphatic heterocycles. The van der Waals surface area contributed by atoms with Crippen LogP contribution in [0.4, 0.5) is 0 Å². The Bertz CT molecular complexity index is 401. The van der Waals surface area contributed by atoms with Gasteiger partial charge in [0.05, 0.1) is 19.3 Å². The topological polar surface area (TPSA) is 186 Å². The standard InChI is InChI=1S/C6H8O7.C5H8O3.Mn/c7-3(8)1-6(13,5(11)12)2-4(9)10;1-4(6)2-3-5(7)8;/h13H,1-2H2,(H,7,8)(H,9,10)(H,11,12);2-3H2,1H3,(H,7,8);. The minimum absolute atomic E-state index is 0. The van der Waals surface area contributed by atoms with Gasteiger partial charge in [-0.2, -0.15) is 0 Å². The molecule has 0 fully saturated rings. The molecular formula is C11H16MnO10. The van der Waals surface area contributed by atoms with E-state index in [-0.39, 0.29) is 35.7 Å². The van der Waals surface area contributed by atoms with Crippen molar-refractivity contribution in [2.45, 2.75) is 38.2 Å². The molecule has 11 heteroatoms. The molecule has 127 valence electrons. The molecule has 0 aromatic rings. The summed E-state index contributed by atoms with van der Waals surface area (Å²) in [6.07, 6.45) is -2.19. The van der Waals surface area contributed by atoms with Crippen LogP contribution >= 0.6 is 0 Å². The summed E-state index contributed by atoms with van der Waals surface area (Å²) in [7, 11) is 0. The van der Waals surface area contributed by atoms with E-state index in [0.717, 1.165) is 0 Å². The summed E-state index contributed by atoms with van der Waals surface area (Å²) in [5, 5.41) is 41.8. The Hall–Kier alpha value is -1.97. The molecule has 0 saturated heterocycles. The molecular weight excluding hydrogens is 347 g/mol. The summed E-state index contributed by atoms with van der Waals surface area (Å²) in [6, 6.07) is 0. The van der Waals surface area contributed by atoms with Crippen LogP contribution in [0.5, 0.6) is 0 Å². The van der Waals surface area contributed by atoms with Gasteiger partial charge in [0.1, 0.15) is 5.78 Å². The van der Waals surface area contributed by atoms with E-state index < -0.39 is 42.3 Å². The molecule has 0 atom stereocenters. The zero-order valence-corrected chi connectivity index (χ0v) is 12.7. The van der Waals surface area contributed by atoms with Crippen molar-refractivity contribution in [1.29, 1.82) is 0 Å². The van der Waals surface area contributed by atoms with Crippen LogP contribution in [0, 0.1) is 0 Å². The zero-order valence-electron chi connectivity index (χ0n) is 11.5. The first-order valence-electron chi connectivity index (χ1n) is 5.51. The summed E-state index contributed by atoms with van der Waals surface area (Å²) in [6.45, 7) is 1.38. The molecule has 0 aliphatic rings. The molecule has 0 unspecified atom stereocenters. The van der Waals surface area contributed by atoms with Gasteiger partial charge in [-0.3, -0.25) is 14.4 Å². The minimum Gasteiger partial charge on any atom is -0.481 e. The van der Waals surface area contributed by atoms with Gasteiger partial charge in [-0.15, -0.1) is 0 Å². The van der Waals surface area contributed by atoms with Crippen LogP contribution in [0.3, 0.4) is 0 Å². The fourth-order valence-electron chi connectivity index (χ4n) is 0.997. The second kappa shape index (κ2) is 11.7. The second-order valence-electron chi connectivity index (χ2n) is 4.07. The first kappa shape index (κ1) is 25.0. The summed E-state index contributed by atoms with van der Waals surface area (Å²) in [5.74, 6) is -6.01. The quantitative estimate of drug-likeness (QED) is 0.341.